The molecule has 0 unspecified atom stereocenters. The van der Waals surface area contributed by atoms with Crippen molar-refractivity contribution in [2.45, 2.75) is 11.3 Å². The highest BCUT2D eigenvalue weighted by Crippen LogP contribution is 2.19. The summed E-state index contributed by atoms with van der Waals surface area (Å²) in [5.41, 5.74) is 0.939. The zero-order valence-corrected chi connectivity index (χ0v) is 11.7. The van der Waals surface area contributed by atoms with Crippen molar-refractivity contribution in [2.75, 3.05) is 5.75 Å². The van der Waals surface area contributed by atoms with Gasteiger partial charge < -0.3 is 0 Å². The van der Waals surface area contributed by atoms with Crippen LogP contribution < -0.4 is 0 Å². The highest BCUT2D eigenvalue weighted by atomic mass is 35.5. The molecule has 98 valence electrons. The lowest BCUT2D eigenvalue weighted by atomic mass is 10.1. The minimum atomic E-state index is -0.282. The van der Waals surface area contributed by atoms with Gasteiger partial charge in [-0.3, -0.25) is 4.79 Å². The normalized spacial score (nSPS) is 10.4. The monoisotopic (exact) mass is 294 g/mol. The molecule has 2 aromatic carbocycles. The molecule has 2 rings (SSSR count). The average molecular weight is 295 g/mol. The second-order valence-corrected chi connectivity index (χ2v) is 5.57. The molecule has 0 N–H and O–H groups in total. The van der Waals surface area contributed by atoms with Crippen LogP contribution in [0.4, 0.5) is 4.39 Å². The number of rotatable bonds is 5. The van der Waals surface area contributed by atoms with Gasteiger partial charge in [0.1, 0.15) is 11.6 Å². The summed E-state index contributed by atoms with van der Waals surface area (Å²) in [5.74, 6) is 0.165. The number of carbonyl (C=O) groups is 1. The van der Waals surface area contributed by atoms with Crippen molar-refractivity contribution in [1.82, 2.24) is 0 Å². The predicted molar refractivity (Wildman–Crippen MR) is 77.3 cm³/mol. The van der Waals surface area contributed by atoms with Crippen LogP contribution in [0.5, 0.6) is 0 Å². The first-order valence-corrected chi connectivity index (χ1v) is 7.14. The maximum Gasteiger partial charge on any atom is 0.147 e. The van der Waals surface area contributed by atoms with E-state index in [4.69, 9.17) is 11.6 Å². The molecule has 0 aliphatic heterocycles. The maximum absolute atomic E-state index is 13.0. The molecule has 2 aromatic rings. The Morgan fingerprint density at radius 1 is 1.16 bits per heavy atom. The molecule has 19 heavy (non-hydrogen) atoms. The highest BCUT2D eigenvalue weighted by molar-refractivity contribution is 8.00. The SMILES string of the molecule is O=C(CSc1cccc(F)c1)Cc1ccc(Cl)cc1. The smallest absolute Gasteiger partial charge is 0.147 e. The van der Waals surface area contributed by atoms with Gasteiger partial charge in [-0.1, -0.05) is 29.8 Å². The van der Waals surface area contributed by atoms with E-state index >= 15 is 0 Å². The summed E-state index contributed by atoms with van der Waals surface area (Å²) < 4.78 is 13.0. The van der Waals surface area contributed by atoms with E-state index in [1.807, 2.05) is 12.1 Å². The number of ketones is 1. The molecule has 0 aromatic heterocycles. The van der Waals surface area contributed by atoms with Gasteiger partial charge in [-0.05, 0) is 35.9 Å². The van der Waals surface area contributed by atoms with Gasteiger partial charge >= 0.3 is 0 Å². The Morgan fingerprint density at radius 2 is 1.89 bits per heavy atom. The van der Waals surface area contributed by atoms with E-state index in [0.717, 1.165) is 10.5 Å². The van der Waals surface area contributed by atoms with Crippen molar-refractivity contribution in [3.63, 3.8) is 0 Å². The molecule has 0 radical (unpaired) electrons. The van der Waals surface area contributed by atoms with Crippen molar-refractivity contribution in [3.8, 4) is 0 Å². The lowest BCUT2D eigenvalue weighted by Crippen LogP contribution is -2.05. The predicted octanol–water partition coefficient (Wildman–Crippen LogP) is 4.38. The Bertz CT molecular complexity index is 569. The Kier molecular flexibility index (Phi) is 5.00. The van der Waals surface area contributed by atoms with Crippen LogP contribution in [0, 0.1) is 5.82 Å². The van der Waals surface area contributed by atoms with Gasteiger partial charge in [-0.15, -0.1) is 11.8 Å². The van der Waals surface area contributed by atoms with Crippen LogP contribution in [0.15, 0.2) is 53.4 Å². The second-order valence-electron chi connectivity index (χ2n) is 4.09. The number of carbonyl (C=O) groups excluding carboxylic acids is 1. The van der Waals surface area contributed by atoms with Crippen LogP contribution in [-0.4, -0.2) is 11.5 Å². The molecule has 0 bridgehead atoms. The van der Waals surface area contributed by atoms with Gasteiger partial charge in [0.25, 0.3) is 0 Å². The van der Waals surface area contributed by atoms with Crippen molar-refractivity contribution in [2.24, 2.45) is 0 Å². The molecule has 0 amide bonds. The first-order chi connectivity index (χ1) is 9.13. The number of hydrogen-bond donors (Lipinski definition) is 0. The topological polar surface area (TPSA) is 17.1 Å². The maximum atomic E-state index is 13.0. The molecule has 0 heterocycles. The van der Waals surface area contributed by atoms with Crippen LogP contribution >= 0.6 is 23.4 Å². The summed E-state index contributed by atoms with van der Waals surface area (Å²) >= 11 is 7.13. The molecule has 0 atom stereocenters. The van der Waals surface area contributed by atoms with Crippen LogP contribution in [0.2, 0.25) is 5.02 Å². The first kappa shape index (κ1) is 14.1. The first-order valence-electron chi connectivity index (χ1n) is 5.78. The van der Waals surface area contributed by atoms with E-state index in [0.29, 0.717) is 17.2 Å². The third kappa shape index (κ3) is 4.69. The zero-order chi connectivity index (χ0) is 13.7. The standard InChI is InChI=1S/C15H12ClFOS/c16-12-6-4-11(5-7-12)8-14(18)10-19-15-3-1-2-13(17)9-15/h1-7,9H,8,10H2. The fourth-order valence-electron chi connectivity index (χ4n) is 1.60. The molecule has 0 fully saturated rings. The summed E-state index contributed by atoms with van der Waals surface area (Å²) in [6.07, 6.45) is 0.374. The van der Waals surface area contributed by atoms with Gasteiger partial charge in [0.15, 0.2) is 0 Å². The van der Waals surface area contributed by atoms with E-state index in [1.54, 1.807) is 24.3 Å². The second kappa shape index (κ2) is 6.73. The van der Waals surface area contributed by atoms with E-state index in [2.05, 4.69) is 0 Å². The fraction of sp³-hybridized carbons (Fsp3) is 0.133. The zero-order valence-electron chi connectivity index (χ0n) is 10.1. The molecule has 0 saturated carbocycles. The van der Waals surface area contributed by atoms with Crippen LogP contribution in [-0.2, 0) is 11.2 Å². The third-order valence-corrected chi connectivity index (χ3v) is 3.82. The van der Waals surface area contributed by atoms with E-state index < -0.39 is 0 Å². The minimum Gasteiger partial charge on any atom is -0.298 e. The number of halogens is 2. The average Bonchev–Trinajstić information content (AvgIpc) is 2.39. The van der Waals surface area contributed by atoms with E-state index in [9.17, 15) is 9.18 Å². The lowest BCUT2D eigenvalue weighted by Gasteiger charge is -2.02. The van der Waals surface area contributed by atoms with Crippen molar-refractivity contribution >= 4 is 29.1 Å². The summed E-state index contributed by atoms with van der Waals surface area (Å²) in [4.78, 5) is 12.6. The van der Waals surface area contributed by atoms with Gasteiger partial charge in [0.05, 0.1) is 5.75 Å². The Balaban J connectivity index is 1.86. The fourth-order valence-corrected chi connectivity index (χ4v) is 2.53. The van der Waals surface area contributed by atoms with Crippen LogP contribution in [0.3, 0.4) is 0 Å². The van der Waals surface area contributed by atoms with Crippen LogP contribution in [0.1, 0.15) is 5.56 Å². The largest absolute Gasteiger partial charge is 0.298 e. The van der Waals surface area contributed by atoms with Gasteiger partial charge in [0, 0.05) is 16.3 Å². The van der Waals surface area contributed by atoms with Crippen LogP contribution in [0.25, 0.3) is 0 Å². The van der Waals surface area contributed by atoms with E-state index in [1.165, 1.54) is 23.9 Å². The number of Topliss-reactive ketones (excluding diaryl/α,β-unsaturated/α-hetero) is 1. The van der Waals surface area contributed by atoms with Gasteiger partial charge in [0.2, 0.25) is 0 Å². The van der Waals surface area contributed by atoms with Gasteiger partial charge in [-0.25, -0.2) is 4.39 Å². The quantitative estimate of drug-likeness (QED) is 0.761. The molecule has 0 aliphatic carbocycles. The summed E-state index contributed by atoms with van der Waals surface area (Å²) in [7, 11) is 0. The summed E-state index contributed by atoms with van der Waals surface area (Å²) in [6, 6.07) is 13.5. The molecule has 0 saturated heterocycles. The molecular weight excluding hydrogens is 283 g/mol. The molecular formula is C15H12ClFOS. The Labute approximate surface area is 120 Å². The summed E-state index contributed by atoms with van der Waals surface area (Å²) in [5, 5.41) is 0.658. The van der Waals surface area contributed by atoms with Crippen molar-refractivity contribution < 1.29 is 9.18 Å². The minimum absolute atomic E-state index is 0.108. The van der Waals surface area contributed by atoms with Crippen molar-refractivity contribution in [3.05, 3.63) is 64.9 Å². The number of thioether (sulfide) groups is 1. The Hall–Kier alpha value is -1.32. The summed E-state index contributed by atoms with van der Waals surface area (Å²) in [6.45, 7) is 0. The number of hydrogen-bond acceptors (Lipinski definition) is 2. The van der Waals surface area contributed by atoms with Crippen molar-refractivity contribution in [1.29, 1.82) is 0 Å². The highest BCUT2D eigenvalue weighted by Gasteiger charge is 2.05. The molecule has 4 heteroatoms. The van der Waals surface area contributed by atoms with E-state index in [-0.39, 0.29) is 11.6 Å². The molecule has 0 spiro atoms. The number of benzene rings is 2. The Morgan fingerprint density at radius 3 is 2.58 bits per heavy atom. The van der Waals surface area contributed by atoms with Gasteiger partial charge in [-0.2, -0.15) is 0 Å². The lowest BCUT2D eigenvalue weighted by molar-refractivity contribution is -0.116. The molecule has 1 nitrogen and oxygen atoms in total. The molecule has 0 aliphatic rings. The third-order valence-electron chi connectivity index (χ3n) is 2.51.